The number of hydrogen-bond acceptors (Lipinski definition) is 6. The Kier molecular flexibility index (Phi) is 8.27. The third-order valence-corrected chi connectivity index (χ3v) is 9.08. The van der Waals surface area contributed by atoms with E-state index < -0.39 is 18.2 Å². The quantitative estimate of drug-likeness (QED) is 0.606. The van der Waals surface area contributed by atoms with Crippen LogP contribution in [0.2, 0.25) is 0 Å². The van der Waals surface area contributed by atoms with Crippen molar-refractivity contribution in [2.45, 2.75) is 82.1 Å². The molecule has 4 aliphatic rings. The van der Waals surface area contributed by atoms with Crippen LogP contribution < -0.4 is 5.32 Å². The fourth-order valence-corrected chi connectivity index (χ4v) is 6.79. The van der Waals surface area contributed by atoms with Gasteiger partial charge in [0.15, 0.2) is 5.78 Å². The van der Waals surface area contributed by atoms with Gasteiger partial charge in [0.2, 0.25) is 5.91 Å². The van der Waals surface area contributed by atoms with Crippen LogP contribution in [0.1, 0.15) is 73.7 Å². The van der Waals surface area contributed by atoms with Crippen molar-refractivity contribution < 1.29 is 23.9 Å². The molecule has 4 fully saturated rings. The highest BCUT2D eigenvalue weighted by Gasteiger charge is 2.54. The number of ether oxygens (including phenoxy) is 2. The van der Waals surface area contributed by atoms with Crippen LogP contribution >= 0.6 is 0 Å². The molecule has 8 nitrogen and oxygen atoms in total. The molecule has 2 amide bonds. The second-order valence-corrected chi connectivity index (χ2v) is 11.1. The molecule has 37 heavy (non-hydrogen) atoms. The molecular formula is C29H41N3O5. The lowest BCUT2D eigenvalue weighted by atomic mass is 9.83. The maximum Gasteiger partial charge on any atom is 0.251 e. The van der Waals surface area contributed by atoms with Crippen LogP contribution in [0.15, 0.2) is 24.3 Å². The van der Waals surface area contributed by atoms with Crippen molar-refractivity contribution in [1.82, 2.24) is 15.1 Å². The Labute approximate surface area is 220 Å². The van der Waals surface area contributed by atoms with Gasteiger partial charge >= 0.3 is 0 Å². The smallest absolute Gasteiger partial charge is 0.251 e. The van der Waals surface area contributed by atoms with E-state index in [1.807, 2.05) is 12.1 Å². The maximum atomic E-state index is 13.9. The molecule has 202 valence electrons. The second-order valence-electron chi connectivity index (χ2n) is 11.1. The standard InChI is InChI=1S/C29H41N3O5/c1-3-31-15-13-20(14-16-31)19-9-11-22(12-10-19)28(34)30-25(21-7-5-4-6-8-21)29(35)32-17-24(36-2)27-26(32)23(33)18-37-27/h9-12,20-21,24-27H,3-8,13-18H2,1-2H3,(H,30,34)/t24-,25-,26+,27+/m0/s1. The lowest BCUT2D eigenvalue weighted by Gasteiger charge is -2.34. The number of ketones is 1. The maximum absolute atomic E-state index is 13.9. The second kappa shape index (κ2) is 11.6. The Morgan fingerprint density at radius 1 is 1.08 bits per heavy atom. The molecule has 4 atom stereocenters. The molecule has 0 spiro atoms. The van der Waals surface area contributed by atoms with Gasteiger partial charge in [0, 0.05) is 12.7 Å². The number of nitrogens with one attached hydrogen (secondary N) is 1. The topological polar surface area (TPSA) is 88.2 Å². The molecule has 0 unspecified atom stereocenters. The highest BCUT2D eigenvalue weighted by Crippen LogP contribution is 2.33. The van der Waals surface area contributed by atoms with E-state index >= 15 is 0 Å². The minimum Gasteiger partial charge on any atom is -0.377 e. The van der Waals surface area contributed by atoms with Gasteiger partial charge in [0.05, 0.1) is 6.54 Å². The predicted octanol–water partition coefficient (Wildman–Crippen LogP) is 2.76. The number of rotatable bonds is 7. The number of carbonyl (C=O) groups is 3. The van der Waals surface area contributed by atoms with Crippen molar-refractivity contribution in [2.75, 3.05) is 39.9 Å². The number of Topliss-reactive ketones (excluding diaryl/α,β-unsaturated/α-hetero) is 1. The van der Waals surface area contributed by atoms with E-state index in [9.17, 15) is 14.4 Å². The number of carbonyl (C=O) groups excluding carboxylic acids is 3. The zero-order valence-electron chi connectivity index (χ0n) is 22.2. The number of piperidine rings is 1. The van der Waals surface area contributed by atoms with E-state index in [1.54, 1.807) is 12.0 Å². The van der Waals surface area contributed by atoms with Gasteiger partial charge < -0.3 is 24.6 Å². The first-order valence-corrected chi connectivity index (χ1v) is 14.1. The van der Waals surface area contributed by atoms with Crippen LogP contribution in [0.3, 0.4) is 0 Å². The van der Waals surface area contributed by atoms with Crippen molar-refractivity contribution in [2.24, 2.45) is 5.92 Å². The van der Waals surface area contributed by atoms with Crippen LogP contribution in [0.4, 0.5) is 0 Å². The highest BCUT2D eigenvalue weighted by molar-refractivity contribution is 5.99. The van der Waals surface area contributed by atoms with Crippen LogP contribution in [0.5, 0.6) is 0 Å². The van der Waals surface area contributed by atoms with Gasteiger partial charge in [-0.15, -0.1) is 0 Å². The summed E-state index contributed by atoms with van der Waals surface area (Å²) in [6.45, 7) is 5.84. The van der Waals surface area contributed by atoms with Gasteiger partial charge in [-0.25, -0.2) is 0 Å². The lowest BCUT2D eigenvalue weighted by Crippen LogP contribution is -2.55. The summed E-state index contributed by atoms with van der Waals surface area (Å²) >= 11 is 0. The lowest BCUT2D eigenvalue weighted by molar-refractivity contribution is -0.139. The van der Waals surface area contributed by atoms with Crippen molar-refractivity contribution in [1.29, 1.82) is 0 Å². The van der Waals surface area contributed by atoms with Crippen LogP contribution in [-0.4, -0.2) is 91.6 Å². The molecule has 3 aliphatic heterocycles. The SMILES string of the molecule is CCN1CCC(c2ccc(C(=O)N[C@H](C(=O)N3C[C@H](OC)[C@H]4OCC(=O)[C@H]43)C3CCCCC3)cc2)CC1. The van der Waals surface area contributed by atoms with Gasteiger partial charge in [-0.1, -0.05) is 38.3 Å². The molecule has 1 saturated carbocycles. The van der Waals surface area contributed by atoms with Gasteiger partial charge in [-0.3, -0.25) is 14.4 Å². The summed E-state index contributed by atoms with van der Waals surface area (Å²) in [5.41, 5.74) is 1.85. The monoisotopic (exact) mass is 511 g/mol. The number of likely N-dealkylation sites (tertiary alicyclic amines) is 2. The fraction of sp³-hybridized carbons (Fsp3) is 0.690. The Morgan fingerprint density at radius 2 is 1.78 bits per heavy atom. The third-order valence-electron chi connectivity index (χ3n) is 9.08. The zero-order chi connectivity index (χ0) is 25.9. The van der Waals surface area contributed by atoms with Gasteiger partial charge in [0.25, 0.3) is 5.91 Å². The number of hydrogen-bond donors (Lipinski definition) is 1. The summed E-state index contributed by atoms with van der Waals surface area (Å²) in [6.07, 6.45) is 6.55. The average molecular weight is 512 g/mol. The molecular weight excluding hydrogens is 470 g/mol. The van der Waals surface area contributed by atoms with Crippen LogP contribution in [0, 0.1) is 5.92 Å². The highest BCUT2D eigenvalue weighted by atomic mass is 16.5. The Bertz CT molecular complexity index is 968. The summed E-state index contributed by atoms with van der Waals surface area (Å²) in [6, 6.07) is 6.64. The molecule has 1 aromatic rings. The Hall–Kier alpha value is -2.29. The number of amides is 2. The largest absolute Gasteiger partial charge is 0.377 e. The van der Waals surface area contributed by atoms with E-state index in [-0.39, 0.29) is 36.2 Å². The zero-order valence-corrected chi connectivity index (χ0v) is 22.2. The minimum absolute atomic E-state index is 0.00322. The average Bonchev–Trinajstić information content (AvgIpc) is 3.52. The van der Waals surface area contributed by atoms with E-state index in [1.165, 1.54) is 5.56 Å². The first kappa shape index (κ1) is 26.3. The summed E-state index contributed by atoms with van der Waals surface area (Å²) < 4.78 is 11.2. The van der Waals surface area contributed by atoms with Crippen molar-refractivity contribution in [3.8, 4) is 0 Å². The minimum atomic E-state index is -0.657. The van der Waals surface area contributed by atoms with Gasteiger partial charge in [-0.2, -0.15) is 0 Å². The Morgan fingerprint density at radius 3 is 2.43 bits per heavy atom. The number of benzene rings is 1. The number of methoxy groups -OCH3 is 1. The summed E-state index contributed by atoms with van der Waals surface area (Å²) in [7, 11) is 1.58. The summed E-state index contributed by atoms with van der Waals surface area (Å²) in [5, 5.41) is 3.09. The first-order chi connectivity index (χ1) is 18.0. The van der Waals surface area contributed by atoms with E-state index in [2.05, 4.69) is 29.3 Å². The number of fused-ring (bicyclic) bond motifs is 1. The molecule has 1 aliphatic carbocycles. The van der Waals surface area contributed by atoms with Crippen molar-refractivity contribution in [3.63, 3.8) is 0 Å². The number of nitrogens with zero attached hydrogens (tertiary/aromatic N) is 2. The Balaban J connectivity index is 1.30. The van der Waals surface area contributed by atoms with Crippen molar-refractivity contribution >= 4 is 17.6 Å². The summed E-state index contributed by atoms with van der Waals surface area (Å²) in [4.78, 5) is 44.0. The van der Waals surface area contributed by atoms with Gasteiger partial charge in [0.1, 0.15) is 30.9 Å². The molecule has 1 N–H and O–H groups in total. The first-order valence-electron chi connectivity index (χ1n) is 14.1. The molecule has 3 heterocycles. The molecule has 0 aromatic heterocycles. The van der Waals surface area contributed by atoms with E-state index in [0.717, 1.165) is 64.6 Å². The molecule has 8 heteroatoms. The van der Waals surface area contributed by atoms with E-state index in [4.69, 9.17) is 9.47 Å². The molecule has 1 aromatic carbocycles. The molecule has 0 bridgehead atoms. The van der Waals surface area contributed by atoms with Crippen LogP contribution in [-0.2, 0) is 19.1 Å². The van der Waals surface area contributed by atoms with E-state index in [0.29, 0.717) is 18.0 Å². The predicted molar refractivity (Wildman–Crippen MR) is 139 cm³/mol. The fourth-order valence-electron chi connectivity index (χ4n) is 6.79. The van der Waals surface area contributed by atoms with Gasteiger partial charge in [-0.05, 0) is 74.8 Å². The van der Waals surface area contributed by atoms with Crippen molar-refractivity contribution in [3.05, 3.63) is 35.4 Å². The third kappa shape index (κ3) is 5.47. The molecule has 0 radical (unpaired) electrons. The normalized spacial score (nSPS) is 28.3. The van der Waals surface area contributed by atoms with Crippen LogP contribution in [0.25, 0.3) is 0 Å². The molecule has 5 rings (SSSR count). The molecule has 3 saturated heterocycles. The summed E-state index contributed by atoms with van der Waals surface area (Å²) in [5.74, 6) is 0.0782.